The minimum atomic E-state index is 1.18. The number of fused-ring (bicyclic) bond motifs is 8. The van der Waals surface area contributed by atoms with Crippen LogP contribution < -0.4 is 0 Å². The highest BCUT2D eigenvalue weighted by atomic mass is 32.1. The van der Waals surface area contributed by atoms with Crippen LogP contribution in [0.15, 0.2) is 121 Å². The Bertz CT molecular complexity index is 2110. The van der Waals surface area contributed by atoms with Crippen LogP contribution in [0.25, 0.3) is 75.0 Å². The van der Waals surface area contributed by atoms with Crippen LogP contribution in [0.1, 0.15) is 0 Å². The van der Waals surface area contributed by atoms with Crippen LogP contribution in [-0.2, 0) is 0 Å². The third-order valence-electron chi connectivity index (χ3n) is 7.41. The second kappa shape index (κ2) is 7.55. The molecule has 1 N–H and O–H groups in total. The Labute approximate surface area is 212 Å². The van der Waals surface area contributed by atoms with Crippen LogP contribution >= 0.6 is 11.3 Å². The maximum Gasteiger partial charge on any atom is 0.0544 e. The highest BCUT2D eigenvalue weighted by Crippen LogP contribution is 2.41. The minimum absolute atomic E-state index is 1.18. The van der Waals surface area contributed by atoms with E-state index in [2.05, 4.69) is 126 Å². The molecule has 0 fully saturated rings. The van der Waals surface area contributed by atoms with Crippen molar-refractivity contribution in [2.24, 2.45) is 0 Å². The average molecular weight is 476 g/mol. The molecule has 0 spiro atoms. The van der Waals surface area contributed by atoms with E-state index >= 15 is 0 Å². The molecule has 8 aromatic rings. The van der Waals surface area contributed by atoms with E-state index in [-0.39, 0.29) is 0 Å². The standard InChI is InChI=1S/C34H21NS/c1-2-11-24-21(8-1)18-19-30-32(24)29-16-6-13-25(33(29)35-30)22-9-5-10-23(20-22)26-14-7-15-28-27-12-3-4-17-31(27)36-34(26)28/h1-20,35H. The van der Waals surface area contributed by atoms with Crippen LogP contribution in [0.5, 0.6) is 0 Å². The van der Waals surface area contributed by atoms with Gasteiger partial charge in [0.15, 0.2) is 0 Å². The summed E-state index contributed by atoms with van der Waals surface area (Å²) in [4.78, 5) is 3.75. The first kappa shape index (κ1) is 19.9. The molecule has 0 aliphatic carbocycles. The number of aromatic nitrogens is 1. The van der Waals surface area contributed by atoms with Crippen molar-refractivity contribution in [3.05, 3.63) is 121 Å². The quantitative estimate of drug-likeness (QED) is 0.256. The zero-order valence-electron chi connectivity index (χ0n) is 19.5. The zero-order valence-corrected chi connectivity index (χ0v) is 20.3. The molecule has 0 radical (unpaired) electrons. The molecule has 0 atom stereocenters. The summed E-state index contributed by atoms with van der Waals surface area (Å²) < 4.78 is 2.69. The fourth-order valence-corrected chi connectivity index (χ4v) is 7.00. The number of hydrogen-bond acceptors (Lipinski definition) is 1. The Hall–Kier alpha value is -4.40. The first-order valence-electron chi connectivity index (χ1n) is 12.3. The van der Waals surface area contributed by atoms with Gasteiger partial charge in [-0.3, -0.25) is 0 Å². The summed E-state index contributed by atoms with van der Waals surface area (Å²) in [7, 11) is 0. The van der Waals surface area contributed by atoms with E-state index < -0.39 is 0 Å². The number of para-hydroxylation sites is 1. The van der Waals surface area contributed by atoms with Crippen LogP contribution in [-0.4, -0.2) is 4.98 Å². The lowest BCUT2D eigenvalue weighted by molar-refractivity contribution is 1.54. The lowest BCUT2D eigenvalue weighted by atomic mass is 9.96. The number of nitrogens with one attached hydrogen (secondary N) is 1. The Balaban J connectivity index is 1.36. The van der Waals surface area contributed by atoms with E-state index in [1.54, 1.807) is 0 Å². The van der Waals surface area contributed by atoms with Crippen molar-refractivity contribution in [2.75, 3.05) is 0 Å². The van der Waals surface area contributed by atoms with E-state index in [9.17, 15) is 0 Å². The fraction of sp³-hybridized carbons (Fsp3) is 0. The van der Waals surface area contributed by atoms with Gasteiger partial charge in [0, 0.05) is 42.0 Å². The molecule has 0 unspecified atom stereocenters. The number of H-pyrrole nitrogens is 1. The van der Waals surface area contributed by atoms with Crippen molar-refractivity contribution in [2.45, 2.75) is 0 Å². The van der Waals surface area contributed by atoms with Crippen molar-refractivity contribution in [1.82, 2.24) is 4.98 Å². The molecule has 6 aromatic carbocycles. The molecule has 8 rings (SSSR count). The zero-order chi connectivity index (χ0) is 23.6. The molecular formula is C34H21NS. The van der Waals surface area contributed by atoms with Gasteiger partial charge in [-0.1, -0.05) is 103 Å². The first-order chi connectivity index (χ1) is 17.8. The van der Waals surface area contributed by atoms with E-state index in [0.29, 0.717) is 0 Å². The highest BCUT2D eigenvalue weighted by Gasteiger charge is 2.14. The van der Waals surface area contributed by atoms with Gasteiger partial charge < -0.3 is 4.98 Å². The average Bonchev–Trinajstić information content (AvgIpc) is 3.52. The molecule has 2 heterocycles. The molecule has 2 aromatic heterocycles. The van der Waals surface area contributed by atoms with E-state index in [1.165, 1.54) is 75.0 Å². The van der Waals surface area contributed by atoms with Gasteiger partial charge >= 0.3 is 0 Å². The first-order valence-corrected chi connectivity index (χ1v) is 13.1. The van der Waals surface area contributed by atoms with Crippen molar-refractivity contribution in [1.29, 1.82) is 0 Å². The molecule has 1 nitrogen and oxygen atoms in total. The number of thiophene rings is 1. The Morgan fingerprint density at radius 1 is 0.500 bits per heavy atom. The molecule has 0 bridgehead atoms. The summed E-state index contributed by atoms with van der Waals surface area (Å²) in [6.45, 7) is 0. The predicted octanol–water partition coefficient (Wildman–Crippen LogP) is 10.2. The Morgan fingerprint density at radius 2 is 1.19 bits per heavy atom. The predicted molar refractivity (Wildman–Crippen MR) is 157 cm³/mol. The van der Waals surface area contributed by atoms with Crippen molar-refractivity contribution in [3.63, 3.8) is 0 Å². The highest BCUT2D eigenvalue weighted by molar-refractivity contribution is 7.26. The molecule has 0 aliphatic heterocycles. The smallest absolute Gasteiger partial charge is 0.0544 e. The summed E-state index contributed by atoms with van der Waals surface area (Å²) >= 11 is 1.89. The lowest BCUT2D eigenvalue weighted by Gasteiger charge is -2.09. The number of aromatic amines is 1. The molecule has 0 saturated carbocycles. The Morgan fingerprint density at radius 3 is 2.11 bits per heavy atom. The fourth-order valence-electron chi connectivity index (χ4n) is 5.77. The number of rotatable bonds is 2. The molecule has 168 valence electrons. The van der Waals surface area contributed by atoms with E-state index in [0.717, 1.165) is 0 Å². The van der Waals surface area contributed by atoms with Gasteiger partial charge in [0.05, 0.1) is 5.52 Å². The van der Waals surface area contributed by atoms with Crippen molar-refractivity contribution < 1.29 is 0 Å². The van der Waals surface area contributed by atoms with Crippen molar-refractivity contribution in [3.8, 4) is 22.3 Å². The van der Waals surface area contributed by atoms with Gasteiger partial charge in [-0.25, -0.2) is 0 Å². The van der Waals surface area contributed by atoms with E-state index in [4.69, 9.17) is 0 Å². The molecule has 36 heavy (non-hydrogen) atoms. The second-order valence-corrected chi connectivity index (χ2v) is 10.5. The van der Waals surface area contributed by atoms with Crippen LogP contribution in [0.2, 0.25) is 0 Å². The topological polar surface area (TPSA) is 15.8 Å². The van der Waals surface area contributed by atoms with Crippen LogP contribution in [0.3, 0.4) is 0 Å². The second-order valence-electron chi connectivity index (χ2n) is 9.42. The number of benzene rings is 6. The van der Waals surface area contributed by atoms with E-state index in [1.807, 2.05) is 11.3 Å². The molecule has 0 aliphatic rings. The SMILES string of the molecule is c1cc(-c2cccc3c2[nH]c2ccc4ccccc4c23)cc(-c2cccc3c2sc2ccccc23)c1. The summed E-state index contributed by atoms with van der Waals surface area (Å²) in [5, 5.41) is 7.82. The monoisotopic (exact) mass is 475 g/mol. The van der Waals surface area contributed by atoms with Gasteiger partial charge in [-0.05, 0) is 45.7 Å². The Kier molecular flexibility index (Phi) is 4.16. The molecule has 0 saturated heterocycles. The largest absolute Gasteiger partial charge is 0.354 e. The summed E-state index contributed by atoms with van der Waals surface area (Å²) in [6, 6.07) is 44.1. The van der Waals surface area contributed by atoms with Gasteiger partial charge in [0.25, 0.3) is 0 Å². The normalized spacial score (nSPS) is 11.9. The van der Waals surface area contributed by atoms with Gasteiger partial charge in [-0.2, -0.15) is 0 Å². The van der Waals surface area contributed by atoms with Crippen LogP contribution in [0.4, 0.5) is 0 Å². The summed E-state index contributed by atoms with van der Waals surface area (Å²) in [5.74, 6) is 0. The van der Waals surface area contributed by atoms with Gasteiger partial charge in [0.2, 0.25) is 0 Å². The maximum absolute atomic E-state index is 3.75. The lowest BCUT2D eigenvalue weighted by Crippen LogP contribution is -1.83. The maximum atomic E-state index is 3.75. The minimum Gasteiger partial charge on any atom is -0.354 e. The summed E-state index contributed by atoms with van der Waals surface area (Å²) in [6.07, 6.45) is 0. The van der Waals surface area contributed by atoms with Crippen LogP contribution in [0, 0.1) is 0 Å². The third kappa shape index (κ3) is 2.82. The third-order valence-corrected chi connectivity index (χ3v) is 8.63. The van der Waals surface area contributed by atoms with Gasteiger partial charge in [0.1, 0.15) is 0 Å². The molecule has 0 amide bonds. The van der Waals surface area contributed by atoms with Crippen molar-refractivity contribution >= 4 is 64.1 Å². The summed E-state index contributed by atoms with van der Waals surface area (Å²) in [5.41, 5.74) is 7.39. The number of hydrogen-bond donors (Lipinski definition) is 1. The molecular weight excluding hydrogens is 454 g/mol. The van der Waals surface area contributed by atoms with Gasteiger partial charge in [-0.15, -0.1) is 11.3 Å². The molecule has 2 heteroatoms.